The topological polar surface area (TPSA) is 3.24 Å². The van der Waals surface area contributed by atoms with Crippen molar-refractivity contribution in [3.8, 4) is 33.4 Å². The number of thiophene rings is 1. The van der Waals surface area contributed by atoms with Gasteiger partial charge in [-0.15, -0.1) is 11.3 Å². The third-order valence-electron chi connectivity index (χ3n) is 14.3. The highest BCUT2D eigenvalue weighted by Crippen LogP contribution is 2.59. The van der Waals surface area contributed by atoms with Crippen LogP contribution in [0.4, 0.5) is 17.1 Å². The van der Waals surface area contributed by atoms with Crippen molar-refractivity contribution in [3.05, 3.63) is 258 Å². The van der Waals surface area contributed by atoms with Crippen LogP contribution in [0.3, 0.4) is 0 Å². The largest absolute Gasteiger partial charge is 0.309 e. The van der Waals surface area contributed by atoms with E-state index in [0.29, 0.717) is 0 Å². The van der Waals surface area contributed by atoms with Gasteiger partial charge in [-0.1, -0.05) is 196 Å². The van der Waals surface area contributed by atoms with Crippen LogP contribution in [-0.2, 0) is 10.8 Å². The summed E-state index contributed by atoms with van der Waals surface area (Å²) in [6, 6.07) is 84.0. The van der Waals surface area contributed by atoms with Crippen molar-refractivity contribution in [1.29, 1.82) is 0 Å². The molecule has 1 aromatic heterocycles. The SMILES string of the molecule is CC1(C)c2ccccc2-c2ccc(N(c3ccc(-c4ccccc4)cc3)c3cccc4c3sc3ccc(C5(c6ccccc6)c6ccccc6-c6c5ccc5ccccc65)cc34)cc21. The number of fused-ring (bicyclic) bond motifs is 11. The van der Waals surface area contributed by atoms with E-state index in [1.807, 2.05) is 11.3 Å². The maximum absolute atomic E-state index is 2.51. The minimum Gasteiger partial charge on any atom is -0.309 e. The fraction of sp³-hybridized carbons (Fsp3) is 0.0645. The Morgan fingerprint density at radius 1 is 0.391 bits per heavy atom. The lowest BCUT2D eigenvalue weighted by atomic mass is 9.67. The lowest BCUT2D eigenvalue weighted by Gasteiger charge is -2.34. The first-order valence-corrected chi connectivity index (χ1v) is 23.2. The molecule has 0 fully saturated rings. The molecular weight excluding hydrogens is 791 g/mol. The summed E-state index contributed by atoms with van der Waals surface area (Å²) in [6.45, 7) is 4.74. The standard InChI is InChI=1S/C62H43NS/c1-61(2)53-25-13-11-22-48(53)49-35-34-46(39-56(49)61)63(45-32-28-41(29-33-45)40-16-5-3-6-17-40)57-27-15-24-50-52-38-44(31-37-58(52)64-60(50)57)62(43-19-7-4-8-20-43)54-26-14-12-23-51(54)59-47-21-10-9-18-42(47)30-36-55(59)62/h3-39H,1-2H3. The van der Waals surface area contributed by atoms with Crippen LogP contribution in [0, 0.1) is 0 Å². The third-order valence-corrected chi connectivity index (χ3v) is 15.6. The molecule has 0 amide bonds. The van der Waals surface area contributed by atoms with Gasteiger partial charge in [-0.25, -0.2) is 0 Å². The van der Waals surface area contributed by atoms with Crippen molar-refractivity contribution < 1.29 is 0 Å². The van der Waals surface area contributed by atoms with E-state index in [9.17, 15) is 0 Å². The summed E-state index contributed by atoms with van der Waals surface area (Å²) in [5, 5.41) is 5.12. The van der Waals surface area contributed by atoms with Crippen LogP contribution in [0.25, 0.3) is 64.3 Å². The van der Waals surface area contributed by atoms with E-state index in [1.165, 1.54) is 103 Å². The van der Waals surface area contributed by atoms with E-state index in [-0.39, 0.29) is 5.41 Å². The Bertz CT molecular complexity index is 3640. The predicted molar refractivity (Wildman–Crippen MR) is 272 cm³/mol. The van der Waals surface area contributed by atoms with Crippen molar-refractivity contribution in [1.82, 2.24) is 0 Å². The fourth-order valence-electron chi connectivity index (χ4n) is 11.4. The number of anilines is 3. The minimum atomic E-state index is -0.501. The molecule has 1 unspecified atom stereocenters. The summed E-state index contributed by atoms with van der Waals surface area (Å²) in [7, 11) is 0. The summed E-state index contributed by atoms with van der Waals surface area (Å²) in [5.74, 6) is 0. The van der Waals surface area contributed by atoms with E-state index in [4.69, 9.17) is 0 Å². The van der Waals surface area contributed by atoms with Crippen LogP contribution in [0.15, 0.2) is 224 Å². The summed E-state index contributed by atoms with van der Waals surface area (Å²) < 4.78 is 2.56. The van der Waals surface area contributed by atoms with Gasteiger partial charge >= 0.3 is 0 Å². The monoisotopic (exact) mass is 833 g/mol. The Morgan fingerprint density at radius 3 is 1.88 bits per heavy atom. The Morgan fingerprint density at radius 2 is 1.05 bits per heavy atom. The van der Waals surface area contributed by atoms with Crippen LogP contribution in [0.1, 0.15) is 47.2 Å². The zero-order chi connectivity index (χ0) is 42.6. The maximum Gasteiger partial charge on any atom is 0.0714 e. The van der Waals surface area contributed by atoms with Crippen molar-refractivity contribution in [3.63, 3.8) is 0 Å². The molecule has 13 rings (SSSR count). The average molecular weight is 834 g/mol. The van der Waals surface area contributed by atoms with Gasteiger partial charge in [-0.3, -0.25) is 0 Å². The number of rotatable bonds is 6. The summed E-state index contributed by atoms with van der Waals surface area (Å²) in [5.41, 5.74) is 18.6. The zero-order valence-electron chi connectivity index (χ0n) is 35.7. The minimum absolute atomic E-state index is 0.122. The molecule has 1 atom stereocenters. The van der Waals surface area contributed by atoms with Gasteiger partial charge in [-0.2, -0.15) is 0 Å². The molecule has 11 aromatic rings. The van der Waals surface area contributed by atoms with E-state index < -0.39 is 5.41 Å². The van der Waals surface area contributed by atoms with Crippen molar-refractivity contribution in [2.24, 2.45) is 0 Å². The summed E-state index contributed by atoms with van der Waals surface area (Å²) in [6.07, 6.45) is 0. The Balaban J connectivity index is 1.03. The lowest BCUT2D eigenvalue weighted by molar-refractivity contribution is 0.660. The second kappa shape index (κ2) is 14.0. The molecule has 0 bridgehead atoms. The Kier molecular flexibility index (Phi) is 8.11. The molecule has 2 aliphatic rings. The molecule has 64 heavy (non-hydrogen) atoms. The fourth-order valence-corrected chi connectivity index (χ4v) is 12.6. The molecular formula is C62H43NS. The number of benzene rings is 10. The second-order valence-corrected chi connectivity index (χ2v) is 19.0. The Labute approximate surface area is 378 Å². The van der Waals surface area contributed by atoms with E-state index in [0.717, 1.165) is 11.4 Å². The van der Waals surface area contributed by atoms with Gasteiger partial charge in [0.25, 0.3) is 0 Å². The molecule has 0 saturated heterocycles. The maximum atomic E-state index is 2.51. The van der Waals surface area contributed by atoms with Gasteiger partial charge in [0.05, 0.1) is 15.8 Å². The van der Waals surface area contributed by atoms with Crippen LogP contribution < -0.4 is 4.90 Å². The molecule has 10 aromatic carbocycles. The summed E-state index contributed by atoms with van der Waals surface area (Å²) in [4.78, 5) is 2.49. The third kappa shape index (κ3) is 5.24. The highest BCUT2D eigenvalue weighted by Gasteiger charge is 2.47. The molecule has 0 radical (unpaired) electrons. The van der Waals surface area contributed by atoms with Crippen LogP contribution in [0.5, 0.6) is 0 Å². The second-order valence-electron chi connectivity index (χ2n) is 18.0. The van der Waals surface area contributed by atoms with Gasteiger partial charge in [0.2, 0.25) is 0 Å². The number of hydrogen-bond donors (Lipinski definition) is 0. The zero-order valence-corrected chi connectivity index (χ0v) is 36.5. The van der Waals surface area contributed by atoms with Crippen LogP contribution >= 0.6 is 11.3 Å². The van der Waals surface area contributed by atoms with Gasteiger partial charge in [-0.05, 0) is 120 Å². The first-order chi connectivity index (χ1) is 31.5. The molecule has 1 heterocycles. The van der Waals surface area contributed by atoms with E-state index >= 15 is 0 Å². The van der Waals surface area contributed by atoms with Gasteiger partial charge in [0.15, 0.2) is 0 Å². The molecule has 2 heteroatoms. The first kappa shape index (κ1) is 37.1. The molecule has 0 aliphatic heterocycles. The average Bonchev–Trinajstić information content (AvgIpc) is 3.96. The molecule has 302 valence electrons. The van der Waals surface area contributed by atoms with Gasteiger partial charge < -0.3 is 4.90 Å². The highest BCUT2D eigenvalue weighted by molar-refractivity contribution is 7.26. The highest BCUT2D eigenvalue weighted by atomic mass is 32.1. The quantitative estimate of drug-likeness (QED) is 0.161. The smallest absolute Gasteiger partial charge is 0.0714 e. The number of hydrogen-bond acceptors (Lipinski definition) is 2. The van der Waals surface area contributed by atoms with Crippen molar-refractivity contribution in [2.75, 3.05) is 4.90 Å². The predicted octanol–water partition coefficient (Wildman–Crippen LogP) is 17.0. The first-order valence-electron chi connectivity index (χ1n) is 22.3. The molecule has 0 spiro atoms. The van der Waals surface area contributed by atoms with E-state index in [2.05, 4.69) is 243 Å². The van der Waals surface area contributed by atoms with Gasteiger partial charge in [0, 0.05) is 32.3 Å². The number of nitrogens with zero attached hydrogens (tertiary/aromatic N) is 1. The molecule has 2 aliphatic carbocycles. The molecule has 0 saturated carbocycles. The van der Waals surface area contributed by atoms with Crippen molar-refractivity contribution in [2.45, 2.75) is 24.7 Å². The Hall–Kier alpha value is -7.52. The normalized spacial score (nSPS) is 15.5. The molecule has 0 N–H and O–H groups in total. The van der Waals surface area contributed by atoms with Crippen molar-refractivity contribution >= 4 is 59.3 Å². The van der Waals surface area contributed by atoms with E-state index in [1.54, 1.807) is 0 Å². The van der Waals surface area contributed by atoms with Crippen LogP contribution in [0.2, 0.25) is 0 Å². The van der Waals surface area contributed by atoms with Crippen LogP contribution in [-0.4, -0.2) is 0 Å². The van der Waals surface area contributed by atoms with Gasteiger partial charge in [0.1, 0.15) is 0 Å². The molecule has 1 nitrogen and oxygen atoms in total. The summed E-state index contributed by atoms with van der Waals surface area (Å²) >= 11 is 1.90. The lowest BCUT2D eigenvalue weighted by Crippen LogP contribution is -2.28.